The molecule has 0 radical (unpaired) electrons. The third-order valence-corrected chi connectivity index (χ3v) is 1.97. The lowest BCUT2D eigenvalue weighted by Gasteiger charge is -2.12. The number of anilines is 2. The number of rotatable bonds is 6. The van der Waals surface area contributed by atoms with Crippen LogP contribution in [0.3, 0.4) is 0 Å². The third-order valence-electron chi connectivity index (χ3n) is 1.97. The lowest BCUT2D eigenvalue weighted by atomic mass is 10.3. The van der Waals surface area contributed by atoms with Gasteiger partial charge in [-0.1, -0.05) is 6.92 Å². The monoisotopic (exact) mass is 209 g/mol. The summed E-state index contributed by atoms with van der Waals surface area (Å²) in [5.74, 6) is 1.65. The summed E-state index contributed by atoms with van der Waals surface area (Å²) in [6.07, 6.45) is 2.62. The minimum atomic E-state index is 0.221. The van der Waals surface area contributed by atoms with Gasteiger partial charge in [-0.2, -0.15) is 0 Å². The van der Waals surface area contributed by atoms with Crippen LogP contribution in [0.25, 0.3) is 0 Å². The van der Waals surface area contributed by atoms with Crippen LogP contribution in [-0.4, -0.2) is 29.1 Å². The first kappa shape index (κ1) is 11.7. The van der Waals surface area contributed by atoms with Crippen LogP contribution in [0.5, 0.6) is 0 Å². The Morgan fingerprint density at radius 3 is 2.80 bits per heavy atom. The highest BCUT2D eigenvalue weighted by Crippen LogP contribution is 2.09. The summed E-state index contributed by atoms with van der Waals surface area (Å²) < 4.78 is 0. The number of nitrogens with one attached hydrogen (secondary N) is 2. The van der Waals surface area contributed by atoms with Gasteiger partial charge in [0.2, 0.25) is 0 Å². The van der Waals surface area contributed by atoms with Gasteiger partial charge in [0.25, 0.3) is 0 Å². The van der Waals surface area contributed by atoms with E-state index in [2.05, 4.69) is 27.5 Å². The van der Waals surface area contributed by atoms with Gasteiger partial charge in [-0.15, -0.1) is 0 Å². The second-order valence-corrected chi connectivity index (χ2v) is 3.50. The van der Waals surface area contributed by atoms with E-state index in [1.165, 1.54) is 0 Å². The molecule has 0 aromatic carbocycles. The molecule has 1 rings (SSSR count). The predicted octanol–water partition coefficient (Wildman–Crippen LogP) is 1.06. The van der Waals surface area contributed by atoms with Crippen molar-refractivity contribution in [3.05, 3.63) is 12.4 Å². The SMILES string of the molecule is CCCNc1cc(NC(C)CN)ncn1. The molecule has 1 aromatic rings. The molecule has 0 bridgehead atoms. The molecule has 0 aliphatic heterocycles. The van der Waals surface area contributed by atoms with Gasteiger partial charge in [-0.25, -0.2) is 9.97 Å². The van der Waals surface area contributed by atoms with Crippen molar-refractivity contribution < 1.29 is 0 Å². The summed E-state index contributed by atoms with van der Waals surface area (Å²) >= 11 is 0. The van der Waals surface area contributed by atoms with E-state index in [0.29, 0.717) is 6.54 Å². The zero-order chi connectivity index (χ0) is 11.1. The summed E-state index contributed by atoms with van der Waals surface area (Å²) in [6, 6.07) is 2.11. The molecule has 0 aliphatic carbocycles. The summed E-state index contributed by atoms with van der Waals surface area (Å²) in [6.45, 7) is 5.63. The van der Waals surface area contributed by atoms with Crippen LogP contribution in [0.1, 0.15) is 20.3 Å². The largest absolute Gasteiger partial charge is 0.370 e. The molecule has 0 amide bonds. The van der Waals surface area contributed by atoms with Crippen LogP contribution in [0.15, 0.2) is 12.4 Å². The standard InChI is InChI=1S/C10H19N5/c1-3-4-12-9-5-10(14-7-13-9)15-8(2)6-11/h5,7-8H,3-4,6,11H2,1-2H3,(H2,12,13,14,15). The van der Waals surface area contributed by atoms with Crippen molar-refractivity contribution in [1.29, 1.82) is 0 Å². The van der Waals surface area contributed by atoms with Crippen LogP contribution >= 0.6 is 0 Å². The van der Waals surface area contributed by atoms with Gasteiger partial charge >= 0.3 is 0 Å². The van der Waals surface area contributed by atoms with Crippen molar-refractivity contribution >= 4 is 11.6 Å². The van der Waals surface area contributed by atoms with Gasteiger partial charge in [0.1, 0.15) is 18.0 Å². The summed E-state index contributed by atoms with van der Waals surface area (Å²) in [5, 5.41) is 6.40. The van der Waals surface area contributed by atoms with Gasteiger partial charge < -0.3 is 16.4 Å². The predicted molar refractivity (Wildman–Crippen MR) is 63.0 cm³/mol. The van der Waals surface area contributed by atoms with Crippen LogP contribution < -0.4 is 16.4 Å². The zero-order valence-electron chi connectivity index (χ0n) is 9.33. The topological polar surface area (TPSA) is 75.9 Å². The molecule has 1 atom stereocenters. The van der Waals surface area contributed by atoms with E-state index in [0.717, 1.165) is 24.6 Å². The van der Waals surface area contributed by atoms with Crippen molar-refractivity contribution in [2.24, 2.45) is 5.73 Å². The van der Waals surface area contributed by atoms with Crippen molar-refractivity contribution in [3.8, 4) is 0 Å². The maximum atomic E-state index is 5.52. The van der Waals surface area contributed by atoms with Crippen LogP contribution in [0.4, 0.5) is 11.6 Å². The molecule has 5 nitrogen and oxygen atoms in total. The zero-order valence-corrected chi connectivity index (χ0v) is 9.33. The Labute approximate surface area is 90.5 Å². The number of hydrogen-bond donors (Lipinski definition) is 3. The first-order valence-corrected chi connectivity index (χ1v) is 5.28. The average molecular weight is 209 g/mol. The first-order valence-electron chi connectivity index (χ1n) is 5.28. The van der Waals surface area contributed by atoms with E-state index in [9.17, 15) is 0 Å². The Morgan fingerprint density at radius 2 is 2.13 bits per heavy atom. The fraction of sp³-hybridized carbons (Fsp3) is 0.600. The molecule has 0 aliphatic rings. The molecule has 5 heteroatoms. The molecular weight excluding hydrogens is 190 g/mol. The number of nitrogens with two attached hydrogens (primary N) is 1. The Bertz CT molecular complexity index is 289. The second kappa shape index (κ2) is 6.19. The molecule has 15 heavy (non-hydrogen) atoms. The van der Waals surface area contributed by atoms with E-state index in [4.69, 9.17) is 5.73 Å². The number of aromatic nitrogens is 2. The quantitative estimate of drug-likeness (QED) is 0.653. The molecule has 4 N–H and O–H groups in total. The van der Waals surface area contributed by atoms with Crippen LogP contribution in [-0.2, 0) is 0 Å². The molecule has 84 valence electrons. The summed E-state index contributed by atoms with van der Waals surface area (Å²) in [5.41, 5.74) is 5.52. The van der Waals surface area contributed by atoms with Gasteiger partial charge in [0, 0.05) is 25.2 Å². The fourth-order valence-electron chi connectivity index (χ4n) is 1.10. The molecule has 1 heterocycles. The fourth-order valence-corrected chi connectivity index (χ4v) is 1.10. The molecule has 0 spiro atoms. The Balaban J connectivity index is 2.57. The average Bonchev–Trinajstić information content (AvgIpc) is 2.26. The molecule has 1 aromatic heterocycles. The number of nitrogens with zero attached hydrogens (tertiary/aromatic N) is 2. The van der Waals surface area contributed by atoms with E-state index in [1.54, 1.807) is 6.33 Å². The third kappa shape index (κ3) is 4.12. The Morgan fingerprint density at radius 1 is 1.40 bits per heavy atom. The summed E-state index contributed by atoms with van der Waals surface area (Å²) in [7, 11) is 0. The highest BCUT2D eigenvalue weighted by atomic mass is 15.1. The minimum Gasteiger partial charge on any atom is -0.370 e. The normalized spacial score (nSPS) is 12.2. The number of hydrogen-bond acceptors (Lipinski definition) is 5. The lowest BCUT2D eigenvalue weighted by molar-refractivity contribution is 0.797. The van der Waals surface area contributed by atoms with Crippen molar-refractivity contribution in [2.45, 2.75) is 26.3 Å². The van der Waals surface area contributed by atoms with E-state index >= 15 is 0 Å². The van der Waals surface area contributed by atoms with Crippen molar-refractivity contribution in [1.82, 2.24) is 9.97 Å². The maximum Gasteiger partial charge on any atom is 0.131 e. The first-order chi connectivity index (χ1) is 7.26. The molecule has 0 saturated carbocycles. The van der Waals surface area contributed by atoms with Crippen molar-refractivity contribution in [3.63, 3.8) is 0 Å². The van der Waals surface area contributed by atoms with Gasteiger partial charge in [-0.3, -0.25) is 0 Å². The van der Waals surface area contributed by atoms with Gasteiger partial charge in [-0.05, 0) is 13.3 Å². The Kier molecular flexibility index (Phi) is 4.83. The summed E-state index contributed by atoms with van der Waals surface area (Å²) in [4.78, 5) is 8.23. The highest BCUT2D eigenvalue weighted by molar-refractivity contribution is 5.46. The lowest BCUT2D eigenvalue weighted by Crippen LogP contribution is -2.25. The molecule has 0 saturated heterocycles. The molecule has 1 unspecified atom stereocenters. The molecular formula is C10H19N5. The van der Waals surface area contributed by atoms with Gasteiger partial charge in [0.05, 0.1) is 0 Å². The van der Waals surface area contributed by atoms with E-state index in [1.807, 2.05) is 13.0 Å². The van der Waals surface area contributed by atoms with Gasteiger partial charge in [0.15, 0.2) is 0 Å². The van der Waals surface area contributed by atoms with Crippen LogP contribution in [0, 0.1) is 0 Å². The van der Waals surface area contributed by atoms with E-state index < -0.39 is 0 Å². The highest BCUT2D eigenvalue weighted by Gasteiger charge is 2.01. The second-order valence-electron chi connectivity index (χ2n) is 3.50. The van der Waals surface area contributed by atoms with Crippen LogP contribution in [0.2, 0.25) is 0 Å². The minimum absolute atomic E-state index is 0.221. The van der Waals surface area contributed by atoms with E-state index in [-0.39, 0.29) is 6.04 Å². The maximum absolute atomic E-state index is 5.52. The smallest absolute Gasteiger partial charge is 0.131 e. The molecule has 0 fully saturated rings. The van der Waals surface area contributed by atoms with Crippen molar-refractivity contribution in [2.75, 3.05) is 23.7 Å². The Hall–Kier alpha value is -1.36.